The Balaban J connectivity index is 1.50. The minimum Gasteiger partial charge on any atom is -0.473 e. The van der Waals surface area contributed by atoms with Gasteiger partial charge in [0.1, 0.15) is 18.2 Å². The first-order chi connectivity index (χ1) is 14.9. The summed E-state index contributed by atoms with van der Waals surface area (Å²) in [6.07, 6.45) is 0.161. The van der Waals surface area contributed by atoms with Crippen molar-refractivity contribution in [3.05, 3.63) is 75.7 Å². The fraction of sp³-hybridized carbons (Fsp3) is 0.227. The van der Waals surface area contributed by atoms with Crippen molar-refractivity contribution < 1.29 is 18.3 Å². The maximum Gasteiger partial charge on any atom is 0.352 e. The fourth-order valence-electron chi connectivity index (χ4n) is 3.32. The minimum atomic E-state index is -0.897. The van der Waals surface area contributed by atoms with Gasteiger partial charge in [0, 0.05) is 26.2 Å². The maximum absolute atomic E-state index is 14.5. The van der Waals surface area contributed by atoms with Gasteiger partial charge < -0.3 is 14.4 Å². The molecule has 31 heavy (non-hydrogen) atoms. The monoisotopic (exact) mass is 424 g/mol. The van der Waals surface area contributed by atoms with E-state index in [9.17, 15) is 13.6 Å². The number of likely N-dealkylation sites (N-methyl/N-ethyl adjacent to an activating group) is 1. The summed E-state index contributed by atoms with van der Waals surface area (Å²) in [6, 6.07) is 12.3. The Kier molecular flexibility index (Phi) is 5.54. The number of rotatable bonds is 6. The van der Waals surface area contributed by atoms with Crippen LogP contribution in [0, 0.1) is 23.0 Å². The van der Waals surface area contributed by atoms with Crippen molar-refractivity contribution in [1.29, 1.82) is 5.26 Å². The van der Waals surface area contributed by atoms with Crippen molar-refractivity contribution in [2.75, 3.05) is 18.5 Å². The van der Waals surface area contributed by atoms with Gasteiger partial charge >= 0.3 is 5.69 Å². The van der Waals surface area contributed by atoms with Crippen LogP contribution in [0.3, 0.4) is 0 Å². The average molecular weight is 424 g/mol. The van der Waals surface area contributed by atoms with Crippen molar-refractivity contribution in [3.63, 3.8) is 0 Å². The third-order valence-corrected chi connectivity index (χ3v) is 4.86. The lowest BCUT2D eigenvalue weighted by Crippen LogP contribution is -2.22. The van der Waals surface area contributed by atoms with Gasteiger partial charge in [-0.1, -0.05) is 12.1 Å². The van der Waals surface area contributed by atoms with E-state index in [0.29, 0.717) is 24.5 Å². The van der Waals surface area contributed by atoms with E-state index < -0.39 is 23.1 Å². The molecule has 0 saturated heterocycles. The second-order valence-electron chi connectivity index (χ2n) is 7.07. The zero-order chi connectivity index (χ0) is 22.0. The Hall–Kier alpha value is -3.93. The molecule has 2 aromatic carbocycles. The predicted molar refractivity (Wildman–Crippen MR) is 108 cm³/mol. The lowest BCUT2D eigenvalue weighted by Gasteiger charge is -2.13. The maximum atomic E-state index is 14.5. The summed E-state index contributed by atoms with van der Waals surface area (Å²) in [6.45, 7) is 1.07. The molecule has 0 unspecified atom stereocenters. The Bertz CT molecular complexity index is 1210. The molecule has 9 heteroatoms. The third kappa shape index (κ3) is 4.33. The Morgan fingerprint density at radius 1 is 1.13 bits per heavy atom. The number of benzene rings is 2. The minimum absolute atomic E-state index is 0.0838. The van der Waals surface area contributed by atoms with Gasteiger partial charge in [0.2, 0.25) is 5.88 Å². The largest absolute Gasteiger partial charge is 0.473 e. The van der Waals surface area contributed by atoms with Gasteiger partial charge in [-0.3, -0.25) is 4.57 Å². The molecular weight excluding hydrogens is 406 g/mol. The average Bonchev–Trinajstić information content (AvgIpc) is 3.11. The second kappa shape index (κ2) is 8.44. The van der Waals surface area contributed by atoms with Gasteiger partial charge in [-0.25, -0.2) is 13.6 Å². The summed E-state index contributed by atoms with van der Waals surface area (Å²) >= 11 is 0. The molecule has 0 aliphatic carbocycles. The molecule has 1 aromatic heterocycles. The van der Waals surface area contributed by atoms with E-state index in [4.69, 9.17) is 14.7 Å². The van der Waals surface area contributed by atoms with Gasteiger partial charge in [-0.2, -0.15) is 10.2 Å². The van der Waals surface area contributed by atoms with Gasteiger partial charge in [-0.05, 0) is 35.4 Å². The van der Waals surface area contributed by atoms with E-state index >= 15 is 0 Å². The van der Waals surface area contributed by atoms with E-state index in [2.05, 4.69) is 4.98 Å². The third-order valence-electron chi connectivity index (χ3n) is 4.86. The number of halogens is 2. The summed E-state index contributed by atoms with van der Waals surface area (Å²) < 4.78 is 41.4. The van der Waals surface area contributed by atoms with E-state index in [1.165, 1.54) is 4.57 Å². The standard InChI is InChI=1S/C22H18F2N4O3/c1-27-7-8-28-20(27)12-19(26-22(28)29)30-13-15-10-17(23)21(18(24)11-15)31-16-4-2-3-14(9-16)5-6-25/h2-4,9-12H,5,7-8,13H2,1H3. The van der Waals surface area contributed by atoms with E-state index in [-0.39, 0.29) is 30.2 Å². The highest BCUT2D eigenvalue weighted by atomic mass is 19.1. The highest BCUT2D eigenvalue weighted by molar-refractivity contribution is 5.44. The predicted octanol–water partition coefficient (Wildman–Crippen LogP) is 3.41. The van der Waals surface area contributed by atoms with Gasteiger partial charge in [0.25, 0.3) is 0 Å². The van der Waals surface area contributed by atoms with Gasteiger partial charge in [0.05, 0.1) is 12.5 Å². The summed E-state index contributed by atoms with van der Waals surface area (Å²) in [7, 11) is 1.85. The molecule has 0 saturated carbocycles. The molecule has 0 spiro atoms. The first-order valence-electron chi connectivity index (χ1n) is 9.52. The summed E-state index contributed by atoms with van der Waals surface area (Å²) in [5.74, 6) is -1.36. The topological polar surface area (TPSA) is 80.4 Å². The van der Waals surface area contributed by atoms with Crippen molar-refractivity contribution in [2.24, 2.45) is 0 Å². The lowest BCUT2D eigenvalue weighted by molar-refractivity contribution is 0.289. The molecule has 158 valence electrons. The number of hydrogen-bond acceptors (Lipinski definition) is 6. The number of nitrogens with zero attached hydrogens (tertiary/aromatic N) is 4. The molecule has 0 N–H and O–H groups in total. The zero-order valence-corrected chi connectivity index (χ0v) is 16.6. The van der Waals surface area contributed by atoms with Crippen LogP contribution >= 0.6 is 0 Å². The van der Waals surface area contributed by atoms with Gasteiger partial charge in [-0.15, -0.1) is 0 Å². The smallest absolute Gasteiger partial charge is 0.352 e. The quantitative estimate of drug-likeness (QED) is 0.603. The van der Waals surface area contributed by atoms with Crippen molar-refractivity contribution in [1.82, 2.24) is 9.55 Å². The number of ether oxygens (including phenoxy) is 2. The van der Waals surface area contributed by atoms with E-state index in [1.54, 1.807) is 30.3 Å². The Morgan fingerprint density at radius 2 is 1.90 bits per heavy atom. The van der Waals surface area contributed by atoms with Crippen LogP contribution in [0.15, 0.2) is 47.3 Å². The molecule has 1 aliphatic heterocycles. The first-order valence-corrected chi connectivity index (χ1v) is 9.52. The van der Waals surface area contributed by atoms with Gasteiger partial charge in [0.15, 0.2) is 17.4 Å². The number of fused-ring (bicyclic) bond motifs is 1. The van der Waals surface area contributed by atoms with Crippen LogP contribution in [0.4, 0.5) is 14.6 Å². The summed E-state index contributed by atoms with van der Waals surface area (Å²) in [4.78, 5) is 17.8. The lowest BCUT2D eigenvalue weighted by atomic mass is 10.1. The summed E-state index contributed by atoms with van der Waals surface area (Å²) in [5, 5.41) is 8.78. The van der Waals surface area contributed by atoms with Crippen LogP contribution in [0.2, 0.25) is 0 Å². The number of aromatic nitrogens is 2. The number of anilines is 1. The number of nitriles is 1. The van der Waals surface area contributed by atoms with Crippen LogP contribution in [0.5, 0.6) is 17.4 Å². The van der Waals surface area contributed by atoms with Crippen molar-refractivity contribution in [2.45, 2.75) is 19.6 Å². The van der Waals surface area contributed by atoms with E-state index in [1.807, 2.05) is 18.0 Å². The van der Waals surface area contributed by atoms with Crippen molar-refractivity contribution >= 4 is 5.82 Å². The molecule has 3 aromatic rings. The van der Waals surface area contributed by atoms with Crippen LogP contribution in [-0.2, 0) is 19.6 Å². The highest BCUT2D eigenvalue weighted by Crippen LogP contribution is 2.30. The molecule has 0 amide bonds. The first kappa shape index (κ1) is 20.3. The fourth-order valence-corrected chi connectivity index (χ4v) is 3.32. The Labute approximate surface area is 176 Å². The number of hydrogen-bond donors (Lipinski definition) is 0. The second-order valence-corrected chi connectivity index (χ2v) is 7.07. The normalized spacial score (nSPS) is 12.4. The molecule has 0 bridgehead atoms. The molecule has 4 rings (SSSR count). The van der Waals surface area contributed by atoms with Crippen LogP contribution in [0.1, 0.15) is 11.1 Å². The van der Waals surface area contributed by atoms with Crippen LogP contribution < -0.4 is 20.1 Å². The molecular formula is C22H18F2N4O3. The zero-order valence-electron chi connectivity index (χ0n) is 16.6. The molecule has 2 heterocycles. The SMILES string of the molecule is CN1CCn2c1cc(OCc1cc(F)c(Oc3cccc(CC#N)c3)c(F)c1)nc2=O. The molecule has 0 radical (unpaired) electrons. The summed E-state index contributed by atoms with van der Waals surface area (Å²) in [5.41, 5.74) is 0.460. The molecule has 0 fully saturated rings. The Morgan fingerprint density at radius 3 is 2.65 bits per heavy atom. The highest BCUT2D eigenvalue weighted by Gasteiger charge is 2.19. The van der Waals surface area contributed by atoms with Crippen LogP contribution in [-0.4, -0.2) is 23.1 Å². The molecule has 0 atom stereocenters. The van der Waals surface area contributed by atoms with Crippen LogP contribution in [0.25, 0.3) is 0 Å². The molecule has 1 aliphatic rings. The molecule has 7 nitrogen and oxygen atoms in total. The van der Waals surface area contributed by atoms with E-state index in [0.717, 1.165) is 12.1 Å². The van der Waals surface area contributed by atoms with Crippen molar-refractivity contribution in [3.8, 4) is 23.4 Å².